The summed E-state index contributed by atoms with van der Waals surface area (Å²) in [6.45, 7) is 7.17. The van der Waals surface area contributed by atoms with E-state index in [-0.39, 0.29) is 5.60 Å². The topological polar surface area (TPSA) is 55.8 Å². The summed E-state index contributed by atoms with van der Waals surface area (Å²) >= 11 is 0. The highest BCUT2D eigenvalue weighted by atomic mass is 16.5. The predicted molar refractivity (Wildman–Crippen MR) is 78.9 cm³/mol. The molecular formula is C16H22O4. The molecule has 1 N–H and O–H groups in total. The Balaban J connectivity index is 2.45. The summed E-state index contributed by atoms with van der Waals surface area (Å²) in [6.07, 6.45) is 3.58. The van der Waals surface area contributed by atoms with Gasteiger partial charge in [0, 0.05) is 6.08 Å². The zero-order valence-corrected chi connectivity index (χ0v) is 12.3. The van der Waals surface area contributed by atoms with Crippen molar-refractivity contribution in [3.05, 3.63) is 35.9 Å². The number of ether oxygens (including phenoxy) is 2. The molecule has 0 amide bonds. The first-order valence-corrected chi connectivity index (χ1v) is 6.71. The summed E-state index contributed by atoms with van der Waals surface area (Å²) in [7, 11) is 0. The molecule has 0 spiro atoms. The standard InChI is InChI=1S/C16H22O4/c1-4-16(2,3)20-11-10-19-14-7-5-6-13(12-14)8-9-15(17)18/h5-9,12H,4,10-11H2,1-3H3,(H,17,18). The molecule has 0 fully saturated rings. The number of carbonyl (C=O) groups is 1. The van der Waals surface area contributed by atoms with Crippen molar-refractivity contribution in [2.75, 3.05) is 13.2 Å². The Morgan fingerprint density at radius 3 is 2.75 bits per heavy atom. The molecule has 0 aliphatic rings. The fourth-order valence-electron chi connectivity index (χ4n) is 1.46. The summed E-state index contributed by atoms with van der Waals surface area (Å²) in [5, 5.41) is 8.58. The number of rotatable bonds is 8. The molecule has 0 bridgehead atoms. The van der Waals surface area contributed by atoms with Crippen LogP contribution < -0.4 is 4.74 Å². The van der Waals surface area contributed by atoms with Crippen LogP contribution in [0.25, 0.3) is 6.08 Å². The van der Waals surface area contributed by atoms with Crippen LogP contribution in [-0.4, -0.2) is 29.9 Å². The molecular weight excluding hydrogens is 256 g/mol. The van der Waals surface area contributed by atoms with Crippen molar-refractivity contribution in [1.29, 1.82) is 0 Å². The summed E-state index contributed by atoms with van der Waals surface area (Å²) in [4.78, 5) is 10.5. The zero-order chi connectivity index (χ0) is 15.0. The lowest BCUT2D eigenvalue weighted by Gasteiger charge is -2.23. The molecule has 20 heavy (non-hydrogen) atoms. The number of benzene rings is 1. The van der Waals surface area contributed by atoms with Gasteiger partial charge in [-0.2, -0.15) is 0 Å². The van der Waals surface area contributed by atoms with Gasteiger partial charge in [0.25, 0.3) is 0 Å². The van der Waals surface area contributed by atoms with Crippen molar-refractivity contribution in [3.8, 4) is 5.75 Å². The highest BCUT2D eigenvalue weighted by Crippen LogP contribution is 2.16. The Morgan fingerprint density at radius 1 is 1.35 bits per heavy atom. The van der Waals surface area contributed by atoms with Gasteiger partial charge in [0.15, 0.2) is 0 Å². The Kier molecular flexibility index (Phi) is 6.25. The fraction of sp³-hybridized carbons (Fsp3) is 0.438. The van der Waals surface area contributed by atoms with E-state index >= 15 is 0 Å². The van der Waals surface area contributed by atoms with Gasteiger partial charge in [0.2, 0.25) is 0 Å². The molecule has 4 nitrogen and oxygen atoms in total. The molecule has 0 aliphatic heterocycles. The molecule has 0 saturated heterocycles. The third kappa shape index (κ3) is 6.38. The maximum Gasteiger partial charge on any atom is 0.328 e. The van der Waals surface area contributed by atoms with Crippen LogP contribution in [0.5, 0.6) is 5.75 Å². The van der Waals surface area contributed by atoms with Crippen LogP contribution in [0, 0.1) is 0 Å². The first-order chi connectivity index (χ1) is 9.43. The molecule has 0 aromatic heterocycles. The normalized spacial score (nSPS) is 11.8. The van der Waals surface area contributed by atoms with Gasteiger partial charge in [-0.3, -0.25) is 0 Å². The van der Waals surface area contributed by atoms with Gasteiger partial charge in [0.1, 0.15) is 12.4 Å². The molecule has 1 aromatic carbocycles. The number of hydrogen-bond donors (Lipinski definition) is 1. The third-order valence-electron chi connectivity index (χ3n) is 2.97. The molecule has 1 rings (SSSR count). The largest absolute Gasteiger partial charge is 0.491 e. The molecule has 110 valence electrons. The number of carboxylic acids is 1. The average molecular weight is 278 g/mol. The van der Waals surface area contributed by atoms with E-state index in [1.807, 2.05) is 32.0 Å². The van der Waals surface area contributed by atoms with Crippen molar-refractivity contribution in [2.45, 2.75) is 32.8 Å². The minimum Gasteiger partial charge on any atom is -0.491 e. The fourth-order valence-corrected chi connectivity index (χ4v) is 1.46. The molecule has 0 unspecified atom stereocenters. The maximum atomic E-state index is 10.5. The van der Waals surface area contributed by atoms with Crippen molar-refractivity contribution in [2.24, 2.45) is 0 Å². The quantitative estimate of drug-likeness (QED) is 0.585. The third-order valence-corrected chi connectivity index (χ3v) is 2.97. The van der Waals surface area contributed by atoms with Crippen LogP contribution in [0.4, 0.5) is 0 Å². The summed E-state index contributed by atoms with van der Waals surface area (Å²) in [6, 6.07) is 7.28. The highest BCUT2D eigenvalue weighted by molar-refractivity contribution is 5.85. The van der Waals surface area contributed by atoms with E-state index < -0.39 is 5.97 Å². The number of carboxylic acid groups (broad SMARTS) is 1. The molecule has 4 heteroatoms. The monoisotopic (exact) mass is 278 g/mol. The lowest BCUT2D eigenvalue weighted by atomic mass is 10.1. The second-order valence-corrected chi connectivity index (χ2v) is 5.05. The summed E-state index contributed by atoms with van der Waals surface area (Å²) in [5.74, 6) is -0.262. The van der Waals surface area contributed by atoms with Crippen LogP contribution in [0.1, 0.15) is 32.8 Å². The summed E-state index contributed by atoms with van der Waals surface area (Å²) < 4.78 is 11.3. The molecule has 0 aliphatic carbocycles. The molecule has 0 radical (unpaired) electrons. The van der Waals surface area contributed by atoms with Crippen LogP contribution in [0.2, 0.25) is 0 Å². The van der Waals surface area contributed by atoms with E-state index in [4.69, 9.17) is 14.6 Å². The summed E-state index contributed by atoms with van der Waals surface area (Å²) in [5.41, 5.74) is 0.662. The van der Waals surface area contributed by atoms with Crippen molar-refractivity contribution < 1.29 is 19.4 Å². The van der Waals surface area contributed by atoms with Crippen molar-refractivity contribution in [1.82, 2.24) is 0 Å². The van der Waals surface area contributed by atoms with E-state index in [0.717, 1.165) is 18.1 Å². The van der Waals surface area contributed by atoms with Gasteiger partial charge in [-0.25, -0.2) is 4.79 Å². The Bertz CT molecular complexity index is 463. The van der Waals surface area contributed by atoms with Gasteiger partial charge in [0.05, 0.1) is 12.2 Å². The predicted octanol–water partition coefficient (Wildman–Crippen LogP) is 3.37. The van der Waals surface area contributed by atoms with E-state index in [1.54, 1.807) is 6.07 Å². The van der Waals surface area contributed by atoms with Crippen LogP contribution >= 0.6 is 0 Å². The van der Waals surface area contributed by atoms with E-state index in [1.165, 1.54) is 6.08 Å². The Morgan fingerprint density at radius 2 is 2.10 bits per heavy atom. The minimum atomic E-state index is -0.966. The van der Waals surface area contributed by atoms with Gasteiger partial charge < -0.3 is 14.6 Å². The van der Waals surface area contributed by atoms with Gasteiger partial charge in [-0.15, -0.1) is 0 Å². The highest BCUT2D eigenvalue weighted by Gasteiger charge is 2.14. The molecule has 0 heterocycles. The Hall–Kier alpha value is -1.81. The zero-order valence-electron chi connectivity index (χ0n) is 12.3. The second-order valence-electron chi connectivity index (χ2n) is 5.05. The first kappa shape index (κ1) is 16.2. The minimum absolute atomic E-state index is 0.130. The lowest BCUT2D eigenvalue weighted by Crippen LogP contribution is -2.25. The molecule has 0 saturated carbocycles. The van der Waals surface area contributed by atoms with Gasteiger partial charge in [-0.05, 0) is 44.0 Å². The SMILES string of the molecule is CCC(C)(C)OCCOc1cccc(C=CC(=O)O)c1. The Labute approximate surface area is 120 Å². The maximum absolute atomic E-state index is 10.5. The van der Waals surface area contributed by atoms with E-state index in [0.29, 0.717) is 19.0 Å². The van der Waals surface area contributed by atoms with Crippen LogP contribution in [-0.2, 0) is 9.53 Å². The second kappa shape index (κ2) is 7.70. The van der Waals surface area contributed by atoms with Crippen molar-refractivity contribution in [3.63, 3.8) is 0 Å². The van der Waals surface area contributed by atoms with E-state index in [2.05, 4.69) is 6.92 Å². The van der Waals surface area contributed by atoms with E-state index in [9.17, 15) is 4.79 Å². The molecule has 1 aromatic rings. The van der Waals surface area contributed by atoms with Crippen LogP contribution in [0.3, 0.4) is 0 Å². The van der Waals surface area contributed by atoms with Crippen molar-refractivity contribution >= 4 is 12.0 Å². The van der Waals surface area contributed by atoms with Gasteiger partial charge in [-0.1, -0.05) is 19.1 Å². The number of hydrogen-bond acceptors (Lipinski definition) is 3. The average Bonchev–Trinajstić information content (AvgIpc) is 2.42. The molecule has 0 atom stereocenters. The first-order valence-electron chi connectivity index (χ1n) is 6.71. The smallest absolute Gasteiger partial charge is 0.328 e. The number of aliphatic carboxylic acids is 1. The van der Waals surface area contributed by atoms with Gasteiger partial charge >= 0.3 is 5.97 Å². The lowest BCUT2D eigenvalue weighted by molar-refractivity contribution is -0.131. The van der Waals surface area contributed by atoms with Crippen LogP contribution in [0.15, 0.2) is 30.3 Å².